The fourth-order valence-corrected chi connectivity index (χ4v) is 1.65. The highest BCUT2D eigenvalue weighted by Crippen LogP contribution is 1.99. The quantitative estimate of drug-likeness (QED) is 0.480. The van der Waals surface area contributed by atoms with E-state index in [1.807, 2.05) is 34.9 Å². The first-order valence-electron chi connectivity index (χ1n) is 5.41. The summed E-state index contributed by atoms with van der Waals surface area (Å²) in [5.74, 6) is -0.521. The van der Waals surface area contributed by atoms with E-state index >= 15 is 0 Å². The number of halogens is 1. The van der Waals surface area contributed by atoms with Crippen LogP contribution in [0.3, 0.4) is 0 Å². The first-order valence-corrected chi connectivity index (χ1v) is 5.95. The first kappa shape index (κ1) is 12.5. The van der Waals surface area contributed by atoms with Gasteiger partial charge in [0.05, 0.1) is 6.20 Å². The predicted octanol–water partition coefficient (Wildman–Crippen LogP) is 1.77. The fourth-order valence-electron chi connectivity index (χ4n) is 1.55. The van der Waals surface area contributed by atoms with E-state index in [0.717, 1.165) is 5.56 Å². The molecular formula is C13H12ClN2O2+. The van der Waals surface area contributed by atoms with Crippen molar-refractivity contribution in [3.8, 4) is 0 Å². The minimum atomic E-state index is -0.521. The number of carbonyl (C=O) groups is 1. The number of rotatable bonds is 4. The molecule has 0 aliphatic carbocycles. The fraction of sp³-hybridized carbons (Fsp3) is 0.154. The molecule has 18 heavy (non-hydrogen) atoms. The van der Waals surface area contributed by atoms with E-state index in [2.05, 4.69) is 9.72 Å². The van der Waals surface area contributed by atoms with Crippen LogP contribution in [0, 0.1) is 0 Å². The van der Waals surface area contributed by atoms with Crippen LogP contribution < -0.4 is 4.57 Å². The number of hydrogen-bond donors (Lipinski definition) is 0. The molecule has 0 saturated carbocycles. The minimum absolute atomic E-state index is 0.173. The standard InChI is InChI=1S/C13H12ClN2O2/c14-10-18-13(17)12-9-16(7-6-15-12)8-11-4-2-1-3-5-11/h1-7,9H,8,10H2/q+1. The van der Waals surface area contributed by atoms with E-state index in [9.17, 15) is 4.79 Å². The Morgan fingerprint density at radius 1 is 1.33 bits per heavy atom. The summed E-state index contributed by atoms with van der Waals surface area (Å²) in [6, 6.07) is 9.77. The number of esters is 1. The number of benzene rings is 1. The largest absolute Gasteiger partial charge is 0.444 e. The Kier molecular flexibility index (Phi) is 4.25. The second kappa shape index (κ2) is 6.12. The smallest absolute Gasteiger partial charge is 0.364 e. The summed E-state index contributed by atoms with van der Waals surface area (Å²) in [5.41, 5.74) is 1.39. The second-order valence-corrected chi connectivity index (χ2v) is 3.86. The lowest BCUT2D eigenvalue weighted by Crippen LogP contribution is -2.35. The van der Waals surface area contributed by atoms with Crippen molar-refractivity contribution in [3.63, 3.8) is 0 Å². The Morgan fingerprint density at radius 3 is 2.83 bits per heavy atom. The molecule has 0 spiro atoms. The summed E-state index contributed by atoms with van der Waals surface area (Å²) in [6.07, 6.45) is 5.00. The molecule has 0 unspecified atom stereocenters. The van der Waals surface area contributed by atoms with Gasteiger partial charge in [-0.2, -0.15) is 4.57 Å². The third kappa shape index (κ3) is 3.28. The summed E-state index contributed by atoms with van der Waals surface area (Å²) in [6.45, 7) is 0.671. The van der Waals surface area contributed by atoms with E-state index < -0.39 is 5.97 Å². The van der Waals surface area contributed by atoms with Gasteiger partial charge < -0.3 is 4.74 Å². The molecule has 92 valence electrons. The maximum atomic E-state index is 11.5. The second-order valence-electron chi connectivity index (χ2n) is 3.64. The van der Waals surface area contributed by atoms with E-state index in [4.69, 9.17) is 11.6 Å². The topological polar surface area (TPSA) is 43.1 Å². The molecule has 0 saturated heterocycles. The van der Waals surface area contributed by atoms with Gasteiger partial charge in [0.15, 0.2) is 18.8 Å². The predicted molar refractivity (Wildman–Crippen MR) is 66.1 cm³/mol. The Labute approximate surface area is 110 Å². The Balaban J connectivity index is 2.15. The molecule has 1 heterocycles. The van der Waals surface area contributed by atoms with Gasteiger partial charge in [0.2, 0.25) is 11.9 Å². The lowest BCUT2D eigenvalue weighted by atomic mass is 10.2. The molecular weight excluding hydrogens is 252 g/mol. The van der Waals surface area contributed by atoms with Crippen molar-refractivity contribution >= 4 is 17.6 Å². The average molecular weight is 264 g/mol. The van der Waals surface area contributed by atoms with Crippen molar-refractivity contribution in [2.24, 2.45) is 0 Å². The van der Waals surface area contributed by atoms with Crippen LogP contribution in [0.1, 0.15) is 16.1 Å². The van der Waals surface area contributed by atoms with Crippen LogP contribution >= 0.6 is 11.6 Å². The van der Waals surface area contributed by atoms with Crippen molar-refractivity contribution in [1.29, 1.82) is 0 Å². The molecule has 4 nitrogen and oxygen atoms in total. The van der Waals surface area contributed by atoms with E-state index in [1.165, 1.54) is 0 Å². The van der Waals surface area contributed by atoms with Crippen LogP contribution in [0.2, 0.25) is 0 Å². The normalized spacial score (nSPS) is 10.1. The Hall–Kier alpha value is -1.94. The van der Waals surface area contributed by atoms with Crippen molar-refractivity contribution in [2.75, 3.05) is 6.07 Å². The highest BCUT2D eigenvalue weighted by atomic mass is 35.5. The molecule has 0 fully saturated rings. The maximum absolute atomic E-state index is 11.5. The zero-order valence-electron chi connectivity index (χ0n) is 9.62. The SMILES string of the molecule is O=C(OCCl)c1c[n+](Cc2ccccc2)ccn1. The van der Waals surface area contributed by atoms with E-state index in [-0.39, 0.29) is 11.8 Å². The molecule has 0 radical (unpaired) electrons. The van der Waals surface area contributed by atoms with Crippen molar-refractivity contribution < 1.29 is 14.1 Å². The summed E-state index contributed by atoms with van der Waals surface area (Å²) < 4.78 is 6.55. The van der Waals surface area contributed by atoms with Crippen LogP contribution in [0.4, 0.5) is 0 Å². The van der Waals surface area contributed by atoms with Gasteiger partial charge in [-0.3, -0.25) is 0 Å². The molecule has 0 bridgehead atoms. The van der Waals surface area contributed by atoms with Gasteiger partial charge in [0.25, 0.3) is 0 Å². The van der Waals surface area contributed by atoms with Gasteiger partial charge in [-0.25, -0.2) is 9.78 Å². The lowest BCUT2D eigenvalue weighted by molar-refractivity contribution is -0.689. The van der Waals surface area contributed by atoms with Gasteiger partial charge in [0.1, 0.15) is 0 Å². The first-order chi connectivity index (χ1) is 8.79. The van der Waals surface area contributed by atoms with Crippen LogP contribution in [0.15, 0.2) is 48.9 Å². The molecule has 2 rings (SSSR count). The number of nitrogens with zero attached hydrogens (tertiary/aromatic N) is 2. The number of ether oxygens (including phenoxy) is 1. The highest BCUT2D eigenvalue weighted by molar-refractivity contribution is 6.17. The van der Waals surface area contributed by atoms with Crippen molar-refractivity contribution in [1.82, 2.24) is 4.98 Å². The van der Waals surface area contributed by atoms with Gasteiger partial charge in [0, 0.05) is 5.56 Å². The monoisotopic (exact) mass is 263 g/mol. The summed E-state index contributed by atoms with van der Waals surface area (Å²) >= 11 is 5.34. The third-order valence-electron chi connectivity index (χ3n) is 2.36. The average Bonchev–Trinajstić information content (AvgIpc) is 2.40. The van der Waals surface area contributed by atoms with Crippen LogP contribution in [-0.4, -0.2) is 17.0 Å². The molecule has 0 amide bonds. The number of carbonyl (C=O) groups excluding carboxylic acids is 1. The molecule has 5 heteroatoms. The summed E-state index contributed by atoms with van der Waals surface area (Å²) in [7, 11) is 0. The van der Waals surface area contributed by atoms with E-state index in [0.29, 0.717) is 6.54 Å². The lowest BCUT2D eigenvalue weighted by Gasteiger charge is -2.00. The van der Waals surface area contributed by atoms with E-state index in [1.54, 1.807) is 18.6 Å². The number of alkyl halides is 1. The van der Waals surface area contributed by atoms with Gasteiger partial charge in [-0.1, -0.05) is 41.9 Å². The number of hydrogen-bond acceptors (Lipinski definition) is 3. The zero-order chi connectivity index (χ0) is 12.8. The van der Waals surface area contributed by atoms with Gasteiger partial charge in [-0.15, -0.1) is 0 Å². The maximum Gasteiger partial charge on any atom is 0.364 e. The molecule has 1 aromatic heterocycles. The van der Waals surface area contributed by atoms with Crippen LogP contribution in [-0.2, 0) is 11.3 Å². The van der Waals surface area contributed by atoms with Gasteiger partial charge >= 0.3 is 5.97 Å². The molecule has 0 N–H and O–H groups in total. The minimum Gasteiger partial charge on any atom is -0.444 e. The number of aromatic nitrogens is 2. The van der Waals surface area contributed by atoms with Crippen LogP contribution in [0.25, 0.3) is 0 Å². The summed E-state index contributed by atoms with van der Waals surface area (Å²) in [4.78, 5) is 15.4. The molecule has 0 atom stereocenters. The Morgan fingerprint density at radius 2 is 2.11 bits per heavy atom. The zero-order valence-corrected chi connectivity index (χ0v) is 10.4. The molecule has 0 aliphatic heterocycles. The van der Waals surface area contributed by atoms with Crippen molar-refractivity contribution in [3.05, 3.63) is 60.2 Å². The third-order valence-corrected chi connectivity index (χ3v) is 2.47. The Bertz CT molecular complexity index is 532. The van der Waals surface area contributed by atoms with Gasteiger partial charge in [-0.05, 0) is 0 Å². The molecule has 2 aromatic rings. The molecule has 1 aromatic carbocycles. The highest BCUT2D eigenvalue weighted by Gasteiger charge is 2.13. The van der Waals surface area contributed by atoms with Crippen molar-refractivity contribution in [2.45, 2.75) is 6.54 Å². The summed E-state index contributed by atoms with van der Waals surface area (Å²) in [5, 5.41) is 0. The molecule has 0 aliphatic rings. The van der Waals surface area contributed by atoms with Crippen LogP contribution in [0.5, 0.6) is 0 Å².